The number of β-lactam (4-membered cyclic amide) rings is 1. The quantitative estimate of drug-likeness (QED) is 0.0429. The molecule has 2 saturated heterocycles. The van der Waals surface area contributed by atoms with Crippen molar-refractivity contribution >= 4 is 87.9 Å². The van der Waals surface area contributed by atoms with E-state index in [9.17, 15) is 52.7 Å². The number of hydrogen-bond donors (Lipinski definition) is 7. The first-order valence-electron chi connectivity index (χ1n) is 30.3. The van der Waals surface area contributed by atoms with Crippen LogP contribution in [0.4, 0.5) is 16.2 Å². The lowest BCUT2D eigenvalue weighted by Crippen LogP contribution is -2.59. The van der Waals surface area contributed by atoms with Crippen LogP contribution in [0.2, 0.25) is 0 Å². The number of nitrogens with zero attached hydrogens (tertiary/aromatic N) is 4. The number of nitrogens with one attached hydrogen (secondary N) is 7. The number of thiazole rings is 1. The highest BCUT2D eigenvalue weighted by atomic mass is 32.1. The third-order valence-corrected chi connectivity index (χ3v) is 17.4. The van der Waals surface area contributed by atoms with Crippen LogP contribution in [0.5, 0.6) is 0 Å². The number of methoxy groups -OCH3 is 2. The molecular weight excluding hydrogens is 1170 g/mol. The van der Waals surface area contributed by atoms with Crippen molar-refractivity contribution in [3.05, 3.63) is 76.2 Å². The summed E-state index contributed by atoms with van der Waals surface area (Å²) in [5.41, 5.74) is 0.929. The third-order valence-electron chi connectivity index (χ3n) is 16.6. The van der Waals surface area contributed by atoms with Crippen LogP contribution in [-0.4, -0.2) is 181 Å². The van der Waals surface area contributed by atoms with Crippen molar-refractivity contribution in [2.24, 2.45) is 17.8 Å². The van der Waals surface area contributed by atoms with Gasteiger partial charge in [0.1, 0.15) is 36.4 Å². The fraction of sp³-hybridized carbons (Fsp3) is 0.581. The molecule has 26 nitrogen and oxygen atoms in total. The molecule has 0 bridgehead atoms. The number of imide groups is 1. The van der Waals surface area contributed by atoms with Gasteiger partial charge in [0.05, 0.1) is 56.3 Å². The molecule has 27 heteroatoms. The summed E-state index contributed by atoms with van der Waals surface area (Å²) in [7, 11) is 4.66. The highest BCUT2D eigenvalue weighted by Crippen LogP contribution is 2.32. The Labute approximate surface area is 523 Å². The SMILES string of the molecule is CC[C@H](C)[C@@H]([C@@H](CC(=O)N1CCC[C@H]1[C@H](OC)[C@@H](C)C(=O)NCc1nccs1)OC)N(C)C(=O)CNC(=O)C1(NC(=O)OCc2ccc(NC(=O)CNC(=O)C(NC(=O)COCC(=O)Nc3ccc(CCC(=O)N4CCC4=O)cc3)C(C)C)cc2)CCCC1. The lowest BCUT2D eigenvalue weighted by atomic mass is 9.90. The van der Waals surface area contributed by atoms with E-state index < -0.39 is 97.0 Å². The summed E-state index contributed by atoms with van der Waals surface area (Å²) in [6.07, 6.45) is 4.48. The summed E-state index contributed by atoms with van der Waals surface area (Å²) in [5, 5.41) is 21.5. The smallest absolute Gasteiger partial charge is 0.408 e. The number of ether oxygens (including phenoxy) is 4. The minimum atomic E-state index is -1.33. The molecule has 11 amide bonds. The minimum Gasteiger partial charge on any atom is -0.445 e. The molecule has 3 heterocycles. The Balaban J connectivity index is 0.897. The Hall–Kier alpha value is -7.88. The van der Waals surface area contributed by atoms with E-state index >= 15 is 0 Å². The molecule has 3 aliphatic rings. The van der Waals surface area contributed by atoms with E-state index in [1.807, 2.05) is 19.2 Å². The minimum absolute atomic E-state index is 0.0415. The molecule has 3 fully saturated rings. The molecule has 486 valence electrons. The van der Waals surface area contributed by atoms with Gasteiger partial charge in [-0.15, -0.1) is 11.3 Å². The van der Waals surface area contributed by atoms with Crippen LogP contribution < -0.4 is 37.2 Å². The molecule has 7 N–H and O–H groups in total. The van der Waals surface area contributed by atoms with Crippen molar-refractivity contribution in [1.82, 2.24) is 46.3 Å². The van der Waals surface area contributed by atoms with Gasteiger partial charge in [0.15, 0.2) is 0 Å². The van der Waals surface area contributed by atoms with Gasteiger partial charge in [-0.25, -0.2) is 9.78 Å². The van der Waals surface area contributed by atoms with Gasteiger partial charge in [-0.3, -0.25) is 52.8 Å². The number of alkyl carbamates (subject to hydrolysis) is 1. The molecule has 2 aliphatic heterocycles. The van der Waals surface area contributed by atoms with Gasteiger partial charge in [-0.05, 0) is 79.3 Å². The molecule has 1 aliphatic carbocycles. The van der Waals surface area contributed by atoms with Crippen molar-refractivity contribution in [3.8, 4) is 0 Å². The molecule has 6 rings (SSSR count). The van der Waals surface area contributed by atoms with E-state index in [2.05, 4.69) is 42.2 Å². The first-order valence-corrected chi connectivity index (χ1v) is 31.2. The Morgan fingerprint density at radius 3 is 2.03 bits per heavy atom. The summed E-state index contributed by atoms with van der Waals surface area (Å²) in [4.78, 5) is 152. The number of aryl methyl sites for hydroxylation is 1. The number of aromatic nitrogens is 1. The molecule has 3 aromatic rings. The summed E-state index contributed by atoms with van der Waals surface area (Å²) in [5.74, 6) is -5.17. The van der Waals surface area contributed by atoms with E-state index in [-0.39, 0.29) is 67.5 Å². The summed E-state index contributed by atoms with van der Waals surface area (Å²) in [6.45, 7) is 8.41. The molecule has 7 atom stereocenters. The average molecular weight is 1260 g/mol. The maximum Gasteiger partial charge on any atom is 0.408 e. The second-order valence-electron chi connectivity index (χ2n) is 23.1. The van der Waals surface area contributed by atoms with E-state index in [0.29, 0.717) is 87.9 Å². The third kappa shape index (κ3) is 20.3. The second-order valence-corrected chi connectivity index (χ2v) is 24.1. The van der Waals surface area contributed by atoms with Crippen LogP contribution in [0, 0.1) is 17.8 Å². The van der Waals surface area contributed by atoms with E-state index in [1.54, 1.807) is 94.6 Å². The van der Waals surface area contributed by atoms with Gasteiger partial charge >= 0.3 is 6.09 Å². The Bertz CT molecular complexity index is 2920. The topological polar surface area (TPSA) is 332 Å². The van der Waals surface area contributed by atoms with Gasteiger partial charge < -0.3 is 66.0 Å². The van der Waals surface area contributed by atoms with Crippen LogP contribution in [0.15, 0.2) is 60.1 Å². The summed E-state index contributed by atoms with van der Waals surface area (Å²) < 4.78 is 22.7. The summed E-state index contributed by atoms with van der Waals surface area (Å²) in [6, 6.07) is 11.3. The van der Waals surface area contributed by atoms with Crippen LogP contribution in [0.1, 0.15) is 115 Å². The highest BCUT2D eigenvalue weighted by molar-refractivity contribution is 7.09. The van der Waals surface area contributed by atoms with Gasteiger partial charge in [-0.2, -0.15) is 0 Å². The largest absolute Gasteiger partial charge is 0.445 e. The zero-order chi connectivity index (χ0) is 64.8. The standard InChI is InChI=1S/C62H87N11O15S/c1-9-39(4)56(46(85-7)31-53(79)72-28-12-13-45(72)57(86-8)40(5)58(81)65-33-50-63-27-30-89-50)71(6)54(80)34-66-60(83)62(25-10-11-26-62)70-61(84)88-35-42-16-21-43(22-17-42)67-47(74)32-64-59(82)55(38(2)3)69-49(76)37-87-36-48(75)68-44-19-14-41(15-20-44)18-23-51(77)73-29-24-52(73)78/h14-17,19-22,27,30,38-40,45-46,55-57H,9-13,18,23-26,28-29,31-37H2,1-8H3,(H,64,82)(H,65,81)(H,66,83)(H,67,74)(H,68,75)(H,69,76)(H,70,84)/t39-,40+,45-,46+,55?,56-,57+/m0/s1. The zero-order valence-corrected chi connectivity index (χ0v) is 53.0. The maximum atomic E-state index is 14.2. The van der Waals surface area contributed by atoms with E-state index in [1.165, 1.54) is 28.2 Å². The normalized spacial score (nSPS) is 17.2. The van der Waals surface area contributed by atoms with Crippen LogP contribution in [0.25, 0.3) is 0 Å². The van der Waals surface area contributed by atoms with Crippen molar-refractivity contribution in [2.75, 3.05) is 71.3 Å². The zero-order valence-electron chi connectivity index (χ0n) is 52.1. The van der Waals surface area contributed by atoms with Crippen molar-refractivity contribution in [1.29, 1.82) is 0 Å². The van der Waals surface area contributed by atoms with Crippen LogP contribution in [-0.2, 0) is 86.5 Å². The molecule has 1 aromatic heterocycles. The first kappa shape index (κ1) is 70.2. The van der Waals surface area contributed by atoms with Crippen molar-refractivity contribution in [2.45, 2.75) is 154 Å². The van der Waals surface area contributed by atoms with Crippen LogP contribution >= 0.6 is 11.3 Å². The monoisotopic (exact) mass is 1260 g/mol. The molecule has 1 saturated carbocycles. The van der Waals surface area contributed by atoms with E-state index in [0.717, 1.165) is 17.0 Å². The number of carbonyl (C=O) groups excluding carboxylic acids is 11. The molecule has 1 unspecified atom stereocenters. The Morgan fingerprint density at radius 1 is 0.775 bits per heavy atom. The average Bonchev–Trinajstić information content (AvgIpc) is 2.59. The number of anilines is 2. The Morgan fingerprint density at radius 2 is 1.44 bits per heavy atom. The second kappa shape index (κ2) is 34.2. The predicted molar refractivity (Wildman–Crippen MR) is 328 cm³/mol. The number of carbonyl (C=O) groups is 11. The maximum absolute atomic E-state index is 14.2. The Kier molecular flexibility index (Phi) is 27.0. The number of amides is 11. The van der Waals surface area contributed by atoms with Gasteiger partial charge in [0, 0.05) is 70.2 Å². The molecule has 0 spiro atoms. The van der Waals surface area contributed by atoms with Gasteiger partial charge in [-0.1, -0.05) is 78.1 Å². The predicted octanol–water partition coefficient (Wildman–Crippen LogP) is 3.58. The lowest BCUT2D eigenvalue weighted by molar-refractivity contribution is -0.152. The molecular formula is C62H87N11O15S. The van der Waals surface area contributed by atoms with E-state index in [4.69, 9.17) is 18.9 Å². The number of likely N-dealkylation sites (tertiary alicyclic amines) is 2. The fourth-order valence-electron chi connectivity index (χ4n) is 11.3. The number of hydrogen-bond acceptors (Lipinski definition) is 17. The number of likely N-dealkylation sites (N-methyl/N-ethyl adjacent to an activating group) is 1. The first-order chi connectivity index (χ1) is 42.6. The molecule has 2 aromatic carbocycles. The van der Waals surface area contributed by atoms with Crippen LogP contribution in [0.3, 0.4) is 0 Å². The molecule has 89 heavy (non-hydrogen) atoms. The van der Waals surface area contributed by atoms with Gasteiger partial charge in [0.25, 0.3) is 0 Å². The fourth-order valence-corrected chi connectivity index (χ4v) is 11.8. The van der Waals surface area contributed by atoms with Gasteiger partial charge in [0.2, 0.25) is 59.1 Å². The van der Waals surface area contributed by atoms with Crippen molar-refractivity contribution < 1.29 is 71.7 Å². The van der Waals surface area contributed by atoms with Crippen molar-refractivity contribution in [3.63, 3.8) is 0 Å². The number of benzene rings is 2. The molecule has 0 radical (unpaired) electrons. The summed E-state index contributed by atoms with van der Waals surface area (Å²) >= 11 is 1.44. The number of rotatable bonds is 33. The highest BCUT2D eigenvalue weighted by Gasteiger charge is 2.45. The lowest BCUT2D eigenvalue weighted by Gasteiger charge is -2.39.